The van der Waals surface area contributed by atoms with Gasteiger partial charge in [0, 0.05) is 24.0 Å². The zero-order valence-corrected chi connectivity index (χ0v) is 15.4. The molecule has 7 heteroatoms. The summed E-state index contributed by atoms with van der Waals surface area (Å²) >= 11 is 0. The highest BCUT2D eigenvalue weighted by atomic mass is 19.1. The van der Waals surface area contributed by atoms with E-state index < -0.39 is 17.5 Å². The molecule has 0 aliphatic heterocycles. The molecule has 4 aromatic rings. The Morgan fingerprint density at radius 2 is 1.83 bits per heavy atom. The van der Waals surface area contributed by atoms with Gasteiger partial charge in [0.25, 0.3) is 5.91 Å². The van der Waals surface area contributed by atoms with Crippen LogP contribution in [-0.4, -0.2) is 20.7 Å². The standard InChI is InChI=1S/C22H16F2N4O/c1-14-4-7-17(8-5-14)28-21(15-3-2-10-25-13-15)12-20(27-28)22(29)26-19-9-6-16(23)11-18(19)24/h2-13H,1H3,(H,26,29). The van der Waals surface area contributed by atoms with Gasteiger partial charge in [-0.1, -0.05) is 17.7 Å². The third kappa shape index (κ3) is 3.89. The normalized spacial score (nSPS) is 10.7. The molecule has 4 rings (SSSR count). The number of halogens is 2. The van der Waals surface area contributed by atoms with Crippen molar-refractivity contribution >= 4 is 11.6 Å². The summed E-state index contributed by atoms with van der Waals surface area (Å²) in [7, 11) is 0. The summed E-state index contributed by atoms with van der Waals surface area (Å²) in [5.41, 5.74) is 3.26. The molecule has 0 fully saturated rings. The van der Waals surface area contributed by atoms with Crippen molar-refractivity contribution in [2.45, 2.75) is 6.92 Å². The molecule has 0 bridgehead atoms. The Morgan fingerprint density at radius 1 is 1.03 bits per heavy atom. The summed E-state index contributed by atoms with van der Waals surface area (Å²) < 4.78 is 28.6. The minimum absolute atomic E-state index is 0.0909. The van der Waals surface area contributed by atoms with Gasteiger partial charge < -0.3 is 5.32 Å². The maximum atomic E-state index is 13.9. The van der Waals surface area contributed by atoms with Gasteiger partial charge in [-0.3, -0.25) is 9.78 Å². The van der Waals surface area contributed by atoms with Crippen LogP contribution in [0.3, 0.4) is 0 Å². The Bertz CT molecular complexity index is 1170. The third-order valence-electron chi connectivity index (χ3n) is 4.36. The van der Waals surface area contributed by atoms with E-state index in [1.54, 1.807) is 29.2 Å². The van der Waals surface area contributed by atoms with Crippen LogP contribution in [0.1, 0.15) is 16.1 Å². The monoisotopic (exact) mass is 390 g/mol. The average Bonchev–Trinajstić information content (AvgIpc) is 3.17. The van der Waals surface area contributed by atoms with E-state index in [2.05, 4.69) is 15.4 Å². The Labute approximate surface area is 165 Å². The first-order valence-electron chi connectivity index (χ1n) is 8.85. The Kier molecular flexibility index (Phi) is 4.87. The molecule has 0 unspecified atom stereocenters. The number of pyridine rings is 1. The van der Waals surface area contributed by atoms with E-state index in [0.717, 1.165) is 22.9 Å². The highest BCUT2D eigenvalue weighted by Gasteiger charge is 2.18. The summed E-state index contributed by atoms with van der Waals surface area (Å²) in [6.45, 7) is 1.98. The van der Waals surface area contributed by atoms with Crippen molar-refractivity contribution in [1.29, 1.82) is 0 Å². The van der Waals surface area contributed by atoms with E-state index in [1.807, 2.05) is 37.3 Å². The Hall–Kier alpha value is -3.87. The van der Waals surface area contributed by atoms with Gasteiger partial charge in [0.2, 0.25) is 0 Å². The van der Waals surface area contributed by atoms with Crippen LogP contribution in [0.2, 0.25) is 0 Å². The molecular weight excluding hydrogens is 374 g/mol. The smallest absolute Gasteiger partial charge is 0.276 e. The van der Waals surface area contributed by atoms with Crippen LogP contribution in [-0.2, 0) is 0 Å². The quantitative estimate of drug-likeness (QED) is 0.546. The molecule has 1 amide bonds. The van der Waals surface area contributed by atoms with Crippen LogP contribution >= 0.6 is 0 Å². The van der Waals surface area contributed by atoms with Crippen molar-refractivity contribution in [3.8, 4) is 16.9 Å². The molecule has 0 aliphatic carbocycles. The fourth-order valence-corrected chi connectivity index (χ4v) is 2.87. The lowest BCUT2D eigenvalue weighted by atomic mass is 10.2. The number of carbonyl (C=O) groups is 1. The Morgan fingerprint density at radius 3 is 2.52 bits per heavy atom. The summed E-state index contributed by atoms with van der Waals surface area (Å²) in [4.78, 5) is 16.8. The molecule has 0 atom stereocenters. The molecule has 2 aromatic carbocycles. The van der Waals surface area contributed by atoms with Gasteiger partial charge in [-0.05, 0) is 49.4 Å². The molecule has 0 spiro atoms. The number of benzene rings is 2. The molecule has 29 heavy (non-hydrogen) atoms. The summed E-state index contributed by atoms with van der Waals surface area (Å²) in [5.74, 6) is -2.18. The Balaban J connectivity index is 1.74. The lowest BCUT2D eigenvalue weighted by molar-refractivity contribution is 0.102. The maximum absolute atomic E-state index is 13.9. The van der Waals surface area contributed by atoms with Gasteiger partial charge in [0.15, 0.2) is 5.69 Å². The number of hydrogen-bond donors (Lipinski definition) is 1. The van der Waals surface area contributed by atoms with Crippen molar-refractivity contribution in [3.63, 3.8) is 0 Å². The second-order valence-electron chi connectivity index (χ2n) is 6.48. The number of nitrogens with zero attached hydrogens (tertiary/aromatic N) is 3. The number of nitrogens with one attached hydrogen (secondary N) is 1. The van der Waals surface area contributed by atoms with Gasteiger partial charge in [-0.25, -0.2) is 13.5 Å². The molecular formula is C22H16F2N4O. The topological polar surface area (TPSA) is 59.8 Å². The first-order chi connectivity index (χ1) is 14.0. The molecule has 1 N–H and O–H groups in total. The SMILES string of the molecule is Cc1ccc(-n2nc(C(=O)Nc3ccc(F)cc3F)cc2-c2cccnc2)cc1. The van der Waals surface area contributed by atoms with Gasteiger partial charge in [-0.2, -0.15) is 5.10 Å². The van der Waals surface area contributed by atoms with Crippen LogP contribution in [0.25, 0.3) is 16.9 Å². The minimum atomic E-state index is -0.858. The van der Waals surface area contributed by atoms with Crippen LogP contribution in [0.5, 0.6) is 0 Å². The number of aromatic nitrogens is 3. The van der Waals surface area contributed by atoms with E-state index in [0.29, 0.717) is 11.8 Å². The van der Waals surface area contributed by atoms with Crippen molar-refractivity contribution in [3.05, 3.63) is 95.9 Å². The van der Waals surface area contributed by atoms with Crippen LogP contribution < -0.4 is 5.32 Å². The number of hydrogen-bond acceptors (Lipinski definition) is 3. The molecule has 0 saturated heterocycles. The fourth-order valence-electron chi connectivity index (χ4n) is 2.87. The van der Waals surface area contributed by atoms with Crippen molar-refractivity contribution in [2.75, 3.05) is 5.32 Å². The molecule has 0 saturated carbocycles. The minimum Gasteiger partial charge on any atom is -0.318 e. The second-order valence-corrected chi connectivity index (χ2v) is 6.48. The zero-order valence-electron chi connectivity index (χ0n) is 15.4. The zero-order chi connectivity index (χ0) is 20.4. The number of carbonyl (C=O) groups excluding carboxylic acids is 1. The van der Waals surface area contributed by atoms with E-state index in [-0.39, 0.29) is 11.4 Å². The van der Waals surface area contributed by atoms with E-state index in [1.165, 1.54) is 6.07 Å². The summed E-state index contributed by atoms with van der Waals surface area (Å²) in [6, 6.07) is 15.9. The molecule has 0 aliphatic rings. The van der Waals surface area contributed by atoms with Crippen LogP contribution in [0.4, 0.5) is 14.5 Å². The molecule has 0 radical (unpaired) electrons. The summed E-state index contributed by atoms with van der Waals surface area (Å²) in [6.07, 6.45) is 3.32. The highest BCUT2D eigenvalue weighted by Crippen LogP contribution is 2.24. The molecule has 2 heterocycles. The number of anilines is 1. The lowest BCUT2D eigenvalue weighted by Crippen LogP contribution is -2.14. The molecule has 144 valence electrons. The van der Waals surface area contributed by atoms with Crippen LogP contribution in [0, 0.1) is 18.6 Å². The average molecular weight is 390 g/mol. The number of aryl methyl sites for hydroxylation is 1. The molecule has 2 aromatic heterocycles. The molecule has 5 nitrogen and oxygen atoms in total. The van der Waals surface area contributed by atoms with Crippen molar-refractivity contribution in [1.82, 2.24) is 14.8 Å². The first-order valence-corrected chi connectivity index (χ1v) is 8.85. The summed E-state index contributed by atoms with van der Waals surface area (Å²) in [5, 5.41) is 6.84. The van der Waals surface area contributed by atoms with Crippen molar-refractivity contribution < 1.29 is 13.6 Å². The van der Waals surface area contributed by atoms with E-state index in [9.17, 15) is 13.6 Å². The predicted octanol–water partition coefficient (Wildman–Crippen LogP) is 4.77. The predicted molar refractivity (Wildman–Crippen MR) is 106 cm³/mol. The highest BCUT2D eigenvalue weighted by molar-refractivity contribution is 6.03. The van der Waals surface area contributed by atoms with Crippen molar-refractivity contribution in [2.24, 2.45) is 0 Å². The van der Waals surface area contributed by atoms with E-state index >= 15 is 0 Å². The largest absolute Gasteiger partial charge is 0.318 e. The number of amides is 1. The third-order valence-corrected chi connectivity index (χ3v) is 4.36. The lowest BCUT2D eigenvalue weighted by Gasteiger charge is -2.07. The first kappa shape index (κ1) is 18.5. The van der Waals surface area contributed by atoms with Crippen LogP contribution in [0.15, 0.2) is 73.1 Å². The number of rotatable bonds is 4. The second kappa shape index (κ2) is 7.63. The van der Waals surface area contributed by atoms with Gasteiger partial charge >= 0.3 is 0 Å². The van der Waals surface area contributed by atoms with Gasteiger partial charge in [-0.15, -0.1) is 0 Å². The fraction of sp³-hybridized carbons (Fsp3) is 0.0455. The van der Waals surface area contributed by atoms with E-state index in [4.69, 9.17) is 0 Å². The van der Waals surface area contributed by atoms with Gasteiger partial charge in [0.05, 0.1) is 17.1 Å². The maximum Gasteiger partial charge on any atom is 0.276 e. The van der Waals surface area contributed by atoms with Gasteiger partial charge in [0.1, 0.15) is 11.6 Å².